The van der Waals surface area contributed by atoms with Crippen LogP contribution in [0.2, 0.25) is 0 Å². The second kappa shape index (κ2) is 3.19. The SMILES string of the molecule is C[C@H]([C@@H]1C2[C@H]1CCC21OCCO1)S(=O)(=O)O. The number of ether oxygens (including phenoxy) is 2. The van der Waals surface area contributed by atoms with E-state index >= 15 is 0 Å². The van der Waals surface area contributed by atoms with Gasteiger partial charge in [0.15, 0.2) is 5.79 Å². The molecule has 0 aromatic rings. The molecule has 0 amide bonds. The highest BCUT2D eigenvalue weighted by atomic mass is 32.2. The Morgan fingerprint density at radius 3 is 2.56 bits per heavy atom. The van der Waals surface area contributed by atoms with Gasteiger partial charge in [0.1, 0.15) is 0 Å². The van der Waals surface area contributed by atoms with E-state index in [4.69, 9.17) is 14.0 Å². The first-order valence-corrected chi connectivity index (χ1v) is 7.20. The Labute approximate surface area is 94.9 Å². The van der Waals surface area contributed by atoms with Crippen LogP contribution in [0.3, 0.4) is 0 Å². The zero-order valence-electron chi connectivity index (χ0n) is 9.13. The highest BCUT2D eigenvalue weighted by molar-refractivity contribution is 7.86. The van der Waals surface area contributed by atoms with Crippen molar-refractivity contribution in [1.82, 2.24) is 0 Å². The average Bonchev–Trinajstić information content (AvgIpc) is 2.56. The third-order valence-electron chi connectivity index (χ3n) is 4.35. The van der Waals surface area contributed by atoms with Crippen LogP contribution in [0.1, 0.15) is 19.8 Å². The van der Waals surface area contributed by atoms with Crippen molar-refractivity contribution in [2.24, 2.45) is 17.8 Å². The lowest BCUT2D eigenvalue weighted by Gasteiger charge is -2.26. The van der Waals surface area contributed by atoms with Crippen LogP contribution in [-0.4, -0.2) is 37.2 Å². The topological polar surface area (TPSA) is 72.8 Å². The molecular formula is C10H16O5S. The first-order valence-electron chi connectivity index (χ1n) is 5.70. The molecule has 3 rings (SSSR count). The molecule has 4 atom stereocenters. The van der Waals surface area contributed by atoms with Crippen LogP contribution >= 0.6 is 0 Å². The maximum Gasteiger partial charge on any atom is 0.267 e. The van der Waals surface area contributed by atoms with Crippen LogP contribution in [0.25, 0.3) is 0 Å². The number of hydrogen-bond donors (Lipinski definition) is 1. The van der Waals surface area contributed by atoms with Crippen molar-refractivity contribution in [3.05, 3.63) is 0 Å². The lowest BCUT2D eigenvalue weighted by atomic mass is 10.0. The molecule has 1 unspecified atom stereocenters. The van der Waals surface area contributed by atoms with Gasteiger partial charge in [0.2, 0.25) is 0 Å². The van der Waals surface area contributed by atoms with Crippen LogP contribution in [0, 0.1) is 17.8 Å². The van der Waals surface area contributed by atoms with Gasteiger partial charge in [0, 0.05) is 12.3 Å². The molecule has 0 aromatic heterocycles. The number of fused-ring (bicyclic) bond motifs is 2. The fourth-order valence-electron chi connectivity index (χ4n) is 3.57. The maximum atomic E-state index is 11.1. The zero-order valence-corrected chi connectivity index (χ0v) is 9.94. The van der Waals surface area contributed by atoms with Crippen molar-refractivity contribution < 1.29 is 22.4 Å². The molecule has 3 aliphatic rings. The minimum absolute atomic E-state index is 0.00171. The Bertz CT molecular complexity index is 392. The first kappa shape index (κ1) is 11.0. The fraction of sp³-hybridized carbons (Fsp3) is 1.00. The molecule has 0 bridgehead atoms. The summed E-state index contributed by atoms with van der Waals surface area (Å²) in [5.41, 5.74) is 0. The third-order valence-corrected chi connectivity index (χ3v) is 5.61. The summed E-state index contributed by atoms with van der Waals surface area (Å²) in [6.45, 7) is 2.76. The minimum Gasteiger partial charge on any atom is -0.347 e. The molecule has 92 valence electrons. The van der Waals surface area contributed by atoms with Gasteiger partial charge < -0.3 is 9.47 Å². The van der Waals surface area contributed by atoms with Crippen LogP contribution in [0.5, 0.6) is 0 Å². The summed E-state index contributed by atoms with van der Waals surface area (Å²) in [7, 11) is -3.94. The summed E-state index contributed by atoms with van der Waals surface area (Å²) in [5.74, 6) is -0.0299. The molecule has 0 radical (unpaired) electrons. The van der Waals surface area contributed by atoms with Gasteiger partial charge in [-0.2, -0.15) is 8.42 Å². The van der Waals surface area contributed by atoms with E-state index in [1.165, 1.54) is 0 Å². The molecule has 16 heavy (non-hydrogen) atoms. The molecule has 6 heteroatoms. The lowest BCUT2D eigenvalue weighted by molar-refractivity contribution is -0.170. The van der Waals surface area contributed by atoms with E-state index in [0.29, 0.717) is 19.1 Å². The predicted octanol–water partition coefficient (Wildman–Crippen LogP) is 0.662. The van der Waals surface area contributed by atoms with Gasteiger partial charge in [-0.15, -0.1) is 0 Å². The van der Waals surface area contributed by atoms with Gasteiger partial charge in [-0.1, -0.05) is 0 Å². The largest absolute Gasteiger partial charge is 0.347 e. The highest BCUT2D eigenvalue weighted by Gasteiger charge is 2.70. The molecule has 1 saturated heterocycles. The van der Waals surface area contributed by atoms with Crippen molar-refractivity contribution in [2.75, 3.05) is 13.2 Å². The van der Waals surface area contributed by atoms with Crippen molar-refractivity contribution >= 4 is 10.1 Å². The Morgan fingerprint density at radius 2 is 2.00 bits per heavy atom. The number of hydrogen-bond acceptors (Lipinski definition) is 4. The lowest BCUT2D eigenvalue weighted by Crippen LogP contribution is -2.34. The van der Waals surface area contributed by atoms with E-state index in [-0.39, 0.29) is 11.8 Å². The summed E-state index contributed by atoms with van der Waals surface area (Å²) < 4.78 is 42.6. The standard InChI is InChI=1S/C10H16O5S/c1-6(16(11,12)13)8-7-2-3-10(9(7)8)14-4-5-15-10/h6-9H,2-5H2,1H3,(H,11,12,13)/t6-,7+,8+,9?/m1/s1. The highest BCUT2D eigenvalue weighted by Crippen LogP contribution is 2.66. The van der Waals surface area contributed by atoms with Crippen LogP contribution in [0.15, 0.2) is 0 Å². The zero-order chi connectivity index (χ0) is 11.6. The first-order chi connectivity index (χ1) is 7.46. The van der Waals surface area contributed by atoms with Gasteiger partial charge in [-0.05, 0) is 25.2 Å². The van der Waals surface area contributed by atoms with Crippen molar-refractivity contribution in [3.63, 3.8) is 0 Å². The second-order valence-corrected chi connectivity index (χ2v) is 6.81. The Kier molecular flexibility index (Phi) is 2.18. The van der Waals surface area contributed by atoms with Gasteiger partial charge in [-0.25, -0.2) is 0 Å². The van der Waals surface area contributed by atoms with Gasteiger partial charge >= 0.3 is 0 Å². The normalized spacial score (nSPS) is 42.2. The summed E-state index contributed by atoms with van der Waals surface area (Å²) in [5, 5.41) is -0.701. The van der Waals surface area contributed by atoms with Crippen molar-refractivity contribution in [3.8, 4) is 0 Å². The van der Waals surface area contributed by atoms with Crippen LogP contribution in [0.4, 0.5) is 0 Å². The second-order valence-electron chi connectivity index (χ2n) is 5.03. The molecule has 2 saturated carbocycles. The summed E-state index contributed by atoms with van der Waals surface area (Å²) in [6, 6.07) is 0. The molecule has 2 aliphatic carbocycles. The molecule has 0 aromatic carbocycles. The van der Waals surface area contributed by atoms with Crippen LogP contribution < -0.4 is 0 Å². The minimum atomic E-state index is -3.94. The van der Waals surface area contributed by atoms with Gasteiger partial charge in [-0.3, -0.25) is 4.55 Å². The fourth-order valence-corrected chi connectivity index (χ4v) is 4.34. The molecular weight excluding hydrogens is 232 g/mol. The Hall–Kier alpha value is -0.170. The van der Waals surface area contributed by atoms with Gasteiger partial charge in [0.05, 0.1) is 18.5 Å². The van der Waals surface area contributed by atoms with Gasteiger partial charge in [0.25, 0.3) is 10.1 Å². The van der Waals surface area contributed by atoms with E-state index in [9.17, 15) is 8.42 Å². The quantitative estimate of drug-likeness (QED) is 0.727. The van der Waals surface area contributed by atoms with Crippen molar-refractivity contribution in [2.45, 2.75) is 30.8 Å². The molecule has 5 nitrogen and oxygen atoms in total. The summed E-state index contributed by atoms with van der Waals surface area (Å²) in [6.07, 6.45) is 1.80. The average molecular weight is 248 g/mol. The maximum absolute atomic E-state index is 11.1. The van der Waals surface area contributed by atoms with E-state index in [1.54, 1.807) is 6.92 Å². The van der Waals surface area contributed by atoms with E-state index in [1.807, 2.05) is 0 Å². The van der Waals surface area contributed by atoms with Crippen LogP contribution in [-0.2, 0) is 19.6 Å². The number of rotatable bonds is 2. The molecule has 1 N–H and O–H groups in total. The molecule has 1 aliphatic heterocycles. The monoisotopic (exact) mass is 248 g/mol. The summed E-state index contributed by atoms with van der Waals surface area (Å²) in [4.78, 5) is 0. The molecule has 1 spiro atoms. The smallest absolute Gasteiger partial charge is 0.267 e. The van der Waals surface area contributed by atoms with E-state index in [0.717, 1.165) is 12.8 Å². The Morgan fingerprint density at radius 1 is 1.38 bits per heavy atom. The predicted molar refractivity (Wildman–Crippen MR) is 55.3 cm³/mol. The summed E-state index contributed by atoms with van der Waals surface area (Å²) >= 11 is 0. The van der Waals surface area contributed by atoms with E-state index < -0.39 is 21.2 Å². The van der Waals surface area contributed by atoms with E-state index in [2.05, 4.69) is 0 Å². The Balaban J connectivity index is 1.80. The third kappa shape index (κ3) is 1.37. The molecule has 3 fully saturated rings. The van der Waals surface area contributed by atoms with Crippen molar-refractivity contribution in [1.29, 1.82) is 0 Å². The molecule has 1 heterocycles.